The molecular weight excluding hydrogens is 554 g/mol. The maximum absolute atomic E-state index is 14.2. The molecule has 0 aliphatic heterocycles. The zero-order valence-corrected chi connectivity index (χ0v) is 26.2. The van der Waals surface area contributed by atoms with Gasteiger partial charge < -0.3 is 19.7 Å². The fourth-order valence-corrected chi connectivity index (χ4v) is 5.92. The normalized spacial score (nSPS) is 12.3. The number of nitrogens with zero attached hydrogens (tertiary/aromatic N) is 2. The lowest BCUT2D eigenvalue weighted by molar-refractivity contribution is -0.141. The van der Waals surface area contributed by atoms with E-state index in [9.17, 15) is 18.0 Å². The van der Waals surface area contributed by atoms with Gasteiger partial charge in [-0.2, -0.15) is 0 Å². The van der Waals surface area contributed by atoms with Gasteiger partial charge in [-0.25, -0.2) is 8.42 Å². The van der Waals surface area contributed by atoms with E-state index in [1.165, 1.54) is 37.3 Å². The third-order valence-electron chi connectivity index (χ3n) is 6.62. The Morgan fingerprint density at radius 2 is 1.52 bits per heavy atom. The number of sulfonamides is 1. The molecule has 0 saturated carbocycles. The summed E-state index contributed by atoms with van der Waals surface area (Å²) >= 11 is 0. The molecule has 0 fully saturated rings. The maximum atomic E-state index is 14.2. The number of carbonyl (C=O) groups excluding carboxylic acids is 2. The number of carbonyl (C=O) groups is 2. The first kappa shape index (κ1) is 32.5. The molecule has 42 heavy (non-hydrogen) atoms. The Kier molecular flexibility index (Phi) is 10.6. The molecule has 3 aromatic rings. The first-order chi connectivity index (χ1) is 19.8. The molecule has 0 spiro atoms. The molecule has 0 aliphatic rings. The van der Waals surface area contributed by atoms with Crippen molar-refractivity contribution in [2.24, 2.45) is 0 Å². The highest BCUT2D eigenvalue weighted by atomic mass is 32.2. The van der Waals surface area contributed by atoms with Gasteiger partial charge in [0.15, 0.2) is 11.5 Å². The molecule has 1 N–H and O–H groups in total. The zero-order chi connectivity index (χ0) is 31.1. The van der Waals surface area contributed by atoms with Crippen molar-refractivity contribution in [3.63, 3.8) is 0 Å². The van der Waals surface area contributed by atoms with Crippen LogP contribution in [-0.4, -0.2) is 57.5 Å². The van der Waals surface area contributed by atoms with Crippen LogP contribution in [0.1, 0.15) is 45.2 Å². The first-order valence-electron chi connectivity index (χ1n) is 13.8. The van der Waals surface area contributed by atoms with Crippen molar-refractivity contribution in [3.05, 3.63) is 83.9 Å². The molecule has 0 unspecified atom stereocenters. The molecule has 0 bridgehead atoms. The summed E-state index contributed by atoms with van der Waals surface area (Å²) in [6.45, 7) is 8.99. The summed E-state index contributed by atoms with van der Waals surface area (Å²) in [4.78, 5) is 29.1. The third-order valence-corrected chi connectivity index (χ3v) is 8.41. The van der Waals surface area contributed by atoms with Crippen LogP contribution in [0, 0.1) is 6.92 Å². The van der Waals surface area contributed by atoms with Gasteiger partial charge in [0.1, 0.15) is 12.6 Å². The van der Waals surface area contributed by atoms with Gasteiger partial charge >= 0.3 is 0 Å². The average molecular weight is 596 g/mol. The van der Waals surface area contributed by atoms with Crippen LogP contribution in [0.2, 0.25) is 0 Å². The SMILES string of the molecule is CC[C@@H](C(=O)NC(C)(C)C)N(Cc1ccc(C)cc1)C(=O)CN(c1ccc(OC)c(OC)c1)S(=O)(=O)c1ccccc1. The van der Waals surface area contributed by atoms with Crippen LogP contribution in [0.25, 0.3) is 0 Å². The summed E-state index contributed by atoms with van der Waals surface area (Å²) in [5.74, 6) is -0.117. The quantitative estimate of drug-likeness (QED) is 0.318. The van der Waals surface area contributed by atoms with Crippen molar-refractivity contribution in [1.29, 1.82) is 0 Å². The number of hydrogen-bond donors (Lipinski definition) is 1. The van der Waals surface area contributed by atoms with Gasteiger partial charge in [0.2, 0.25) is 11.8 Å². The lowest BCUT2D eigenvalue weighted by atomic mass is 10.1. The molecule has 226 valence electrons. The molecule has 10 heteroatoms. The van der Waals surface area contributed by atoms with Crippen LogP contribution < -0.4 is 19.1 Å². The molecule has 3 rings (SSSR count). The predicted molar refractivity (Wildman–Crippen MR) is 164 cm³/mol. The standard InChI is InChI=1S/C32H41N3O6S/c1-8-27(31(37)33-32(3,4)5)34(21-24-16-14-23(2)15-17-24)30(36)22-35(42(38,39)26-12-10-9-11-13-26)25-18-19-28(40-6)29(20-25)41-7/h9-20,27H,8,21-22H2,1-7H3,(H,33,37)/t27-/m0/s1. The number of anilines is 1. The summed E-state index contributed by atoms with van der Waals surface area (Å²) < 4.78 is 39.8. The van der Waals surface area contributed by atoms with E-state index in [1.54, 1.807) is 30.3 Å². The van der Waals surface area contributed by atoms with Gasteiger partial charge in [0.25, 0.3) is 10.0 Å². The van der Waals surface area contributed by atoms with E-state index < -0.39 is 34.1 Å². The van der Waals surface area contributed by atoms with Crippen LogP contribution in [-0.2, 0) is 26.2 Å². The summed E-state index contributed by atoms with van der Waals surface area (Å²) in [5.41, 5.74) is 1.57. The Morgan fingerprint density at radius 3 is 2.07 bits per heavy atom. The predicted octanol–water partition coefficient (Wildman–Crippen LogP) is 4.93. The Bertz CT molecular complexity index is 1470. The number of benzene rings is 3. The van der Waals surface area contributed by atoms with E-state index in [4.69, 9.17) is 9.47 Å². The number of aryl methyl sites for hydroxylation is 1. The van der Waals surface area contributed by atoms with Gasteiger partial charge in [-0.15, -0.1) is 0 Å². The first-order valence-corrected chi connectivity index (χ1v) is 15.2. The fraction of sp³-hybridized carbons (Fsp3) is 0.375. The minimum Gasteiger partial charge on any atom is -0.493 e. The summed E-state index contributed by atoms with van der Waals surface area (Å²) in [5, 5.41) is 2.97. The van der Waals surface area contributed by atoms with Gasteiger partial charge in [0, 0.05) is 18.2 Å². The van der Waals surface area contributed by atoms with Crippen molar-refractivity contribution in [2.45, 2.75) is 64.1 Å². The molecule has 3 aromatic carbocycles. The monoisotopic (exact) mass is 595 g/mol. The van der Waals surface area contributed by atoms with Crippen LogP contribution >= 0.6 is 0 Å². The Morgan fingerprint density at radius 1 is 0.905 bits per heavy atom. The fourth-order valence-electron chi connectivity index (χ4n) is 4.49. The largest absolute Gasteiger partial charge is 0.493 e. The van der Waals surface area contributed by atoms with E-state index in [1.807, 2.05) is 58.9 Å². The molecule has 0 aromatic heterocycles. The smallest absolute Gasteiger partial charge is 0.264 e. The molecule has 0 saturated heterocycles. The highest BCUT2D eigenvalue weighted by Gasteiger charge is 2.35. The maximum Gasteiger partial charge on any atom is 0.264 e. The van der Waals surface area contributed by atoms with E-state index in [0.29, 0.717) is 17.9 Å². The van der Waals surface area contributed by atoms with Gasteiger partial charge in [-0.05, 0) is 63.9 Å². The third kappa shape index (κ3) is 8.03. The van der Waals surface area contributed by atoms with Crippen LogP contribution in [0.5, 0.6) is 11.5 Å². The zero-order valence-electron chi connectivity index (χ0n) is 25.4. The average Bonchev–Trinajstić information content (AvgIpc) is 2.95. The van der Waals surface area contributed by atoms with E-state index in [2.05, 4.69) is 5.32 Å². The highest BCUT2D eigenvalue weighted by Crippen LogP contribution is 2.34. The van der Waals surface area contributed by atoms with Crippen LogP contribution in [0.4, 0.5) is 5.69 Å². The topological polar surface area (TPSA) is 105 Å². The molecular formula is C32H41N3O6S. The number of amides is 2. The lowest BCUT2D eigenvalue weighted by Gasteiger charge is -2.35. The molecule has 9 nitrogen and oxygen atoms in total. The van der Waals surface area contributed by atoms with E-state index in [0.717, 1.165) is 15.4 Å². The van der Waals surface area contributed by atoms with E-state index >= 15 is 0 Å². The second-order valence-electron chi connectivity index (χ2n) is 11.0. The summed E-state index contributed by atoms with van der Waals surface area (Å²) in [7, 11) is -1.27. The molecule has 0 heterocycles. The Labute approximate surface area is 249 Å². The van der Waals surface area contributed by atoms with Gasteiger partial charge in [-0.1, -0.05) is 55.0 Å². The lowest BCUT2D eigenvalue weighted by Crippen LogP contribution is -2.55. The number of hydrogen-bond acceptors (Lipinski definition) is 6. The molecule has 2 amide bonds. The van der Waals surface area contributed by atoms with E-state index in [-0.39, 0.29) is 23.0 Å². The van der Waals surface area contributed by atoms with Gasteiger partial charge in [-0.3, -0.25) is 13.9 Å². The molecule has 0 aliphatic carbocycles. The van der Waals surface area contributed by atoms with Crippen molar-refractivity contribution < 1.29 is 27.5 Å². The van der Waals surface area contributed by atoms with Crippen molar-refractivity contribution in [1.82, 2.24) is 10.2 Å². The van der Waals surface area contributed by atoms with Crippen molar-refractivity contribution in [3.8, 4) is 11.5 Å². The Balaban J connectivity index is 2.11. The van der Waals surface area contributed by atoms with Crippen LogP contribution in [0.15, 0.2) is 77.7 Å². The second-order valence-corrected chi connectivity index (χ2v) is 12.9. The molecule has 0 radical (unpaired) electrons. The number of ether oxygens (including phenoxy) is 2. The number of rotatable bonds is 12. The second kappa shape index (κ2) is 13.7. The Hall–Kier alpha value is -4.05. The minimum atomic E-state index is -4.20. The number of nitrogens with one attached hydrogen (secondary N) is 1. The summed E-state index contributed by atoms with van der Waals surface area (Å²) in [6, 6.07) is 19.4. The van der Waals surface area contributed by atoms with Gasteiger partial charge in [0.05, 0.1) is 24.8 Å². The van der Waals surface area contributed by atoms with Crippen molar-refractivity contribution in [2.75, 3.05) is 25.1 Å². The van der Waals surface area contributed by atoms with Crippen molar-refractivity contribution >= 4 is 27.5 Å². The molecule has 1 atom stereocenters. The number of methoxy groups -OCH3 is 2. The highest BCUT2D eigenvalue weighted by molar-refractivity contribution is 7.92. The van der Waals surface area contributed by atoms with Crippen LogP contribution in [0.3, 0.4) is 0 Å². The summed E-state index contributed by atoms with van der Waals surface area (Å²) in [6.07, 6.45) is 0.335. The minimum absolute atomic E-state index is 0.0233.